The smallest absolute Gasteiger partial charge is 0.259 e. The van der Waals surface area contributed by atoms with Gasteiger partial charge in [0, 0.05) is 86.3 Å². The summed E-state index contributed by atoms with van der Waals surface area (Å²) < 4.78 is 13.4. The fraction of sp³-hybridized carbons (Fsp3) is 0.359. The molecule has 1 N–H and O–H groups in total. The van der Waals surface area contributed by atoms with Gasteiger partial charge in [0.15, 0.2) is 0 Å². The van der Waals surface area contributed by atoms with Crippen LogP contribution in [-0.4, -0.2) is 70.4 Å². The van der Waals surface area contributed by atoms with Crippen molar-refractivity contribution in [2.24, 2.45) is 13.0 Å². The third-order valence-electron chi connectivity index (χ3n) is 10.3. The number of rotatable bonds is 7. The number of piperidine rings is 1. The minimum absolute atomic E-state index is 0.0766. The summed E-state index contributed by atoms with van der Waals surface area (Å²) in [6.45, 7) is 2.53. The number of amides is 3. The fourth-order valence-corrected chi connectivity index (χ4v) is 7.36. The lowest BCUT2D eigenvalue weighted by Gasteiger charge is -2.37. The van der Waals surface area contributed by atoms with Gasteiger partial charge >= 0.3 is 0 Å². The average Bonchev–Trinajstić information content (AvgIpc) is 3.90. The molecular weight excluding hydrogens is 634 g/mol. The molecule has 3 fully saturated rings. The van der Waals surface area contributed by atoms with Gasteiger partial charge in [0.1, 0.15) is 17.5 Å². The van der Waals surface area contributed by atoms with Crippen molar-refractivity contribution in [3.63, 3.8) is 0 Å². The van der Waals surface area contributed by atoms with E-state index in [9.17, 15) is 19.2 Å². The molecule has 4 aliphatic rings. The number of benzene rings is 2. The molecule has 1 atom stereocenters. The highest BCUT2D eigenvalue weighted by Crippen LogP contribution is 2.42. The van der Waals surface area contributed by atoms with Crippen LogP contribution in [0, 0.1) is 17.8 Å². The molecule has 0 bridgehead atoms. The first kappa shape index (κ1) is 31.8. The van der Waals surface area contributed by atoms with Crippen molar-refractivity contribution in [2.75, 3.05) is 27.3 Å². The fourth-order valence-electron chi connectivity index (χ4n) is 7.36. The normalized spacial score (nSPS) is 19.1. The molecule has 2 aromatic heterocycles. The van der Waals surface area contributed by atoms with Gasteiger partial charge < -0.3 is 18.9 Å². The first-order chi connectivity index (χ1) is 24.2. The SMILES string of the molecule is COc1cc(-c2cn(C)c(=O)c3cnc(C4CC4)cc23)cc(OC)c1CN1CC(C#Cc2ccc3c(c2)CN(C2CCC(=O)NC2=O)C3=O)C1. The predicted molar refractivity (Wildman–Crippen MR) is 186 cm³/mol. The maximum absolute atomic E-state index is 13.0. The number of nitrogens with zero attached hydrogens (tertiary/aromatic N) is 4. The summed E-state index contributed by atoms with van der Waals surface area (Å²) in [6, 6.07) is 11.0. The van der Waals surface area contributed by atoms with Crippen LogP contribution >= 0.6 is 0 Å². The molecular formula is C39H37N5O6. The Hall–Kier alpha value is -5.47. The van der Waals surface area contributed by atoms with Crippen molar-refractivity contribution >= 4 is 28.5 Å². The highest BCUT2D eigenvalue weighted by Gasteiger charge is 2.39. The number of likely N-dealkylation sites (tertiary alicyclic amines) is 1. The van der Waals surface area contributed by atoms with Gasteiger partial charge in [0.2, 0.25) is 11.8 Å². The molecule has 50 heavy (non-hydrogen) atoms. The van der Waals surface area contributed by atoms with Gasteiger partial charge in [0.25, 0.3) is 11.5 Å². The lowest BCUT2D eigenvalue weighted by molar-refractivity contribution is -0.136. The summed E-state index contributed by atoms with van der Waals surface area (Å²) in [6.07, 6.45) is 6.40. The maximum Gasteiger partial charge on any atom is 0.259 e. The molecule has 3 amide bonds. The Morgan fingerprint density at radius 3 is 2.40 bits per heavy atom. The first-order valence-electron chi connectivity index (χ1n) is 17.0. The molecule has 0 radical (unpaired) electrons. The molecule has 8 rings (SSSR count). The highest BCUT2D eigenvalue weighted by atomic mass is 16.5. The third kappa shape index (κ3) is 5.69. The zero-order valence-corrected chi connectivity index (χ0v) is 28.2. The summed E-state index contributed by atoms with van der Waals surface area (Å²) in [5, 5.41) is 3.81. The Bertz CT molecular complexity index is 2200. The Morgan fingerprint density at radius 1 is 0.940 bits per heavy atom. The Balaban J connectivity index is 0.969. The minimum Gasteiger partial charge on any atom is -0.496 e. The summed E-state index contributed by atoms with van der Waals surface area (Å²) >= 11 is 0. The van der Waals surface area contributed by atoms with Crippen LogP contribution < -0.4 is 20.3 Å². The molecule has 254 valence electrons. The van der Waals surface area contributed by atoms with Crippen molar-refractivity contribution in [2.45, 2.75) is 50.7 Å². The van der Waals surface area contributed by atoms with Gasteiger partial charge in [-0.1, -0.05) is 11.8 Å². The zero-order chi connectivity index (χ0) is 34.7. The lowest BCUT2D eigenvalue weighted by Crippen LogP contribution is -2.52. The topological polar surface area (TPSA) is 123 Å². The van der Waals surface area contributed by atoms with Crippen LogP contribution in [0.25, 0.3) is 21.9 Å². The molecule has 4 aromatic rings. The number of ether oxygens (including phenoxy) is 2. The van der Waals surface area contributed by atoms with E-state index in [0.717, 1.165) is 64.8 Å². The zero-order valence-electron chi connectivity index (χ0n) is 28.2. The van der Waals surface area contributed by atoms with Gasteiger partial charge in [-0.3, -0.25) is 34.4 Å². The van der Waals surface area contributed by atoms with E-state index in [-0.39, 0.29) is 29.7 Å². The largest absolute Gasteiger partial charge is 0.496 e. The van der Waals surface area contributed by atoms with Crippen LogP contribution in [0.5, 0.6) is 11.5 Å². The Morgan fingerprint density at radius 2 is 1.70 bits per heavy atom. The quantitative estimate of drug-likeness (QED) is 0.233. The first-order valence-corrected chi connectivity index (χ1v) is 17.0. The van der Waals surface area contributed by atoms with Gasteiger partial charge in [-0.05, 0) is 72.2 Å². The number of nitrogens with one attached hydrogen (secondary N) is 1. The standard InChI is InChI=1S/C39H37N5O6/c1-42-20-30(28-15-32(24-7-8-24)40-16-29(28)38(42)47)25-13-34(49-2)31(35(14-25)50-3)21-43-17-23(18-43)5-4-22-6-9-27-26(12-22)19-44(39(27)48)33-10-11-36(45)41-37(33)46/h6,9,12-16,20,23-24,33H,7-8,10-11,17-19,21H2,1-3H3,(H,41,45,46). The van der Waals surface area contributed by atoms with E-state index in [1.807, 2.05) is 30.5 Å². The molecule has 5 heterocycles. The van der Waals surface area contributed by atoms with E-state index in [1.165, 1.54) is 0 Å². The molecule has 11 heteroatoms. The number of hydrogen-bond acceptors (Lipinski definition) is 8. The average molecular weight is 672 g/mol. The number of carbonyl (C=O) groups is 3. The van der Waals surface area contributed by atoms with E-state index in [2.05, 4.69) is 33.1 Å². The number of aryl methyl sites for hydroxylation is 1. The van der Waals surface area contributed by atoms with Crippen molar-refractivity contribution in [1.82, 2.24) is 24.7 Å². The Kier molecular flexibility index (Phi) is 7.91. The second kappa shape index (κ2) is 12.4. The second-order valence-electron chi connectivity index (χ2n) is 13.7. The molecule has 1 unspecified atom stereocenters. The molecule has 11 nitrogen and oxygen atoms in total. The lowest BCUT2D eigenvalue weighted by atomic mass is 9.96. The van der Waals surface area contributed by atoms with E-state index < -0.39 is 11.9 Å². The highest BCUT2D eigenvalue weighted by molar-refractivity contribution is 6.05. The number of imide groups is 1. The van der Waals surface area contributed by atoms with Crippen molar-refractivity contribution in [3.8, 4) is 34.5 Å². The molecule has 1 saturated carbocycles. The van der Waals surface area contributed by atoms with Crippen LogP contribution in [0.15, 0.2) is 53.6 Å². The molecule has 0 spiro atoms. The van der Waals surface area contributed by atoms with E-state index in [0.29, 0.717) is 47.9 Å². The third-order valence-corrected chi connectivity index (χ3v) is 10.3. The van der Waals surface area contributed by atoms with Crippen molar-refractivity contribution < 1.29 is 23.9 Å². The van der Waals surface area contributed by atoms with Crippen LogP contribution in [0.1, 0.15) is 64.3 Å². The number of carbonyl (C=O) groups excluding carboxylic acids is 3. The summed E-state index contributed by atoms with van der Waals surface area (Å²) in [7, 11) is 5.08. The van der Waals surface area contributed by atoms with Crippen molar-refractivity contribution in [3.05, 3.63) is 87.1 Å². The van der Waals surface area contributed by atoms with Crippen LogP contribution in [0.4, 0.5) is 0 Å². The molecule has 1 aliphatic carbocycles. The predicted octanol–water partition coefficient (Wildman–Crippen LogP) is 3.74. The summed E-state index contributed by atoms with van der Waals surface area (Å²) in [5.41, 5.74) is 5.97. The number of methoxy groups -OCH3 is 2. The van der Waals surface area contributed by atoms with Gasteiger partial charge in [-0.15, -0.1) is 0 Å². The molecule has 2 aromatic carbocycles. The van der Waals surface area contributed by atoms with Gasteiger partial charge in [-0.25, -0.2) is 0 Å². The number of hydrogen-bond donors (Lipinski definition) is 1. The number of aromatic nitrogens is 2. The summed E-state index contributed by atoms with van der Waals surface area (Å²) in [4.78, 5) is 58.4. The number of fused-ring (bicyclic) bond motifs is 2. The maximum atomic E-state index is 13.0. The van der Waals surface area contributed by atoms with Crippen LogP contribution in [0.2, 0.25) is 0 Å². The summed E-state index contributed by atoms with van der Waals surface area (Å²) in [5.74, 6) is 7.84. The van der Waals surface area contributed by atoms with Gasteiger partial charge in [-0.2, -0.15) is 0 Å². The van der Waals surface area contributed by atoms with E-state index in [4.69, 9.17) is 9.47 Å². The molecule has 3 aliphatic heterocycles. The van der Waals surface area contributed by atoms with E-state index in [1.54, 1.807) is 43.0 Å². The van der Waals surface area contributed by atoms with Crippen LogP contribution in [-0.2, 0) is 29.7 Å². The Labute approximate surface area is 289 Å². The van der Waals surface area contributed by atoms with Crippen molar-refractivity contribution in [1.29, 1.82) is 0 Å². The molecule has 2 saturated heterocycles. The van der Waals surface area contributed by atoms with Gasteiger partial charge in [0.05, 0.1) is 25.2 Å². The minimum atomic E-state index is -0.636. The number of pyridine rings is 2. The van der Waals surface area contributed by atoms with E-state index >= 15 is 0 Å². The second-order valence-corrected chi connectivity index (χ2v) is 13.7. The monoisotopic (exact) mass is 671 g/mol. The van der Waals surface area contributed by atoms with Crippen LogP contribution in [0.3, 0.4) is 0 Å².